The third-order valence-corrected chi connectivity index (χ3v) is 6.35. The van der Waals surface area contributed by atoms with Crippen molar-refractivity contribution in [1.29, 1.82) is 0 Å². The van der Waals surface area contributed by atoms with Crippen LogP contribution in [-0.4, -0.2) is 39.5 Å². The summed E-state index contributed by atoms with van der Waals surface area (Å²) in [5.41, 5.74) is 1.36. The van der Waals surface area contributed by atoms with E-state index in [0.29, 0.717) is 22.3 Å². The van der Waals surface area contributed by atoms with Crippen LogP contribution in [0.15, 0.2) is 41.6 Å². The van der Waals surface area contributed by atoms with Crippen molar-refractivity contribution >= 4 is 40.0 Å². The van der Waals surface area contributed by atoms with Crippen LogP contribution in [0.5, 0.6) is 0 Å². The van der Waals surface area contributed by atoms with Gasteiger partial charge in [-0.25, -0.2) is 4.79 Å². The fourth-order valence-corrected chi connectivity index (χ4v) is 4.55. The zero-order chi connectivity index (χ0) is 20.8. The Kier molecular flexibility index (Phi) is 7.05. The summed E-state index contributed by atoms with van der Waals surface area (Å²) in [4.78, 5) is 25.4. The fourth-order valence-electron chi connectivity index (χ4n) is 2.74. The first-order valence-electron chi connectivity index (χ1n) is 9.19. The third kappa shape index (κ3) is 4.86. The first kappa shape index (κ1) is 21.1. The lowest BCUT2D eigenvalue weighted by Crippen LogP contribution is -2.16. The average molecular weight is 431 g/mol. The molecule has 152 valence electrons. The number of benzene rings is 1. The monoisotopic (exact) mass is 430 g/mol. The SMILES string of the molecule is CCc1cc(C(=O)OC)c(NC(=O)CSc2nnc(-c3ccccc3)n2CC)s1. The molecule has 0 aliphatic rings. The molecule has 7 nitrogen and oxygen atoms in total. The molecule has 0 saturated heterocycles. The van der Waals surface area contributed by atoms with Gasteiger partial charge >= 0.3 is 5.97 Å². The predicted molar refractivity (Wildman–Crippen MR) is 116 cm³/mol. The second kappa shape index (κ2) is 9.71. The van der Waals surface area contributed by atoms with E-state index in [0.717, 1.165) is 22.7 Å². The maximum atomic E-state index is 12.5. The highest BCUT2D eigenvalue weighted by Gasteiger charge is 2.19. The Labute approximate surface area is 177 Å². The van der Waals surface area contributed by atoms with E-state index in [4.69, 9.17) is 4.74 Å². The summed E-state index contributed by atoms with van der Waals surface area (Å²) >= 11 is 2.70. The van der Waals surface area contributed by atoms with Crippen LogP contribution in [0.4, 0.5) is 5.00 Å². The lowest BCUT2D eigenvalue weighted by atomic mass is 10.2. The van der Waals surface area contributed by atoms with E-state index < -0.39 is 5.97 Å². The van der Waals surface area contributed by atoms with Crippen molar-refractivity contribution < 1.29 is 14.3 Å². The Hall–Kier alpha value is -2.65. The molecule has 3 aromatic rings. The van der Waals surface area contributed by atoms with E-state index in [2.05, 4.69) is 15.5 Å². The highest BCUT2D eigenvalue weighted by atomic mass is 32.2. The molecule has 0 radical (unpaired) electrons. The van der Waals surface area contributed by atoms with Crippen LogP contribution in [0, 0.1) is 0 Å². The Morgan fingerprint density at radius 2 is 1.97 bits per heavy atom. The fraction of sp³-hybridized carbons (Fsp3) is 0.300. The number of carbonyl (C=O) groups is 2. The number of aromatic nitrogens is 3. The molecule has 0 unspecified atom stereocenters. The standard InChI is InChI=1S/C20H22N4O3S2/c1-4-14-11-15(19(26)27-3)18(29-14)21-16(25)12-28-20-23-22-17(24(20)5-2)13-9-7-6-8-10-13/h6-11H,4-5,12H2,1-3H3,(H,21,25). The van der Waals surface area contributed by atoms with Gasteiger partial charge in [0, 0.05) is 17.0 Å². The van der Waals surface area contributed by atoms with Gasteiger partial charge in [-0.2, -0.15) is 0 Å². The van der Waals surface area contributed by atoms with E-state index in [1.54, 1.807) is 6.07 Å². The molecule has 0 spiro atoms. The van der Waals surface area contributed by atoms with Crippen LogP contribution in [0.1, 0.15) is 29.1 Å². The second-order valence-corrected chi connectivity index (χ2v) is 8.13. The van der Waals surface area contributed by atoms with Crippen molar-refractivity contribution in [3.8, 4) is 11.4 Å². The molecule has 29 heavy (non-hydrogen) atoms. The number of aryl methyl sites for hydroxylation is 1. The van der Waals surface area contributed by atoms with Gasteiger partial charge in [-0.3, -0.25) is 4.79 Å². The smallest absolute Gasteiger partial charge is 0.340 e. The Morgan fingerprint density at radius 3 is 2.62 bits per heavy atom. The Balaban J connectivity index is 1.70. The molecule has 0 bridgehead atoms. The number of anilines is 1. The zero-order valence-electron chi connectivity index (χ0n) is 16.5. The molecule has 0 aliphatic heterocycles. The maximum Gasteiger partial charge on any atom is 0.340 e. The zero-order valence-corrected chi connectivity index (χ0v) is 18.1. The first-order valence-corrected chi connectivity index (χ1v) is 11.0. The summed E-state index contributed by atoms with van der Waals surface area (Å²) in [6.45, 7) is 4.70. The number of methoxy groups -OCH3 is 1. The molecular formula is C20H22N4O3S2. The van der Waals surface area contributed by atoms with E-state index in [9.17, 15) is 9.59 Å². The van der Waals surface area contributed by atoms with Gasteiger partial charge < -0.3 is 14.6 Å². The minimum absolute atomic E-state index is 0.160. The minimum atomic E-state index is -0.456. The van der Waals surface area contributed by atoms with Crippen molar-refractivity contribution in [2.45, 2.75) is 32.0 Å². The molecule has 0 saturated carbocycles. The molecule has 1 aromatic carbocycles. The first-order chi connectivity index (χ1) is 14.1. The molecule has 0 fully saturated rings. The molecule has 2 aromatic heterocycles. The topological polar surface area (TPSA) is 86.1 Å². The number of hydrogen-bond donors (Lipinski definition) is 1. The quantitative estimate of drug-likeness (QED) is 0.428. The van der Waals surface area contributed by atoms with Gasteiger partial charge in [-0.05, 0) is 19.4 Å². The average Bonchev–Trinajstić information content (AvgIpc) is 3.35. The second-order valence-electron chi connectivity index (χ2n) is 6.05. The molecule has 1 N–H and O–H groups in total. The lowest BCUT2D eigenvalue weighted by molar-refractivity contribution is -0.113. The molecule has 3 rings (SSSR count). The summed E-state index contributed by atoms with van der Waals surface area (Å²) < 4.78 is 6.79. The van der Waals surface area contributed by atoms with Crippen LogP contribution in [0.25, 0.3) is 11.4 Å². The van der Waals surface area contributed by atoms with Crippen molar-refractivity contribution in [2.75, 3.05) is 18.2 Å². The largest absolute Gasteiger partial charge is 0.465 e. The molecule has 0 aliphatic carbocycles. The van der Waals surface area contributed by atoms with Gasteiger partial charge in [0.15, 0.2) is 11.0 Å². The molecular weight excluding hydrogens is 408 g/mol. The van der Waals surface area contributed by atoms with E-state index in [-0.39, 0.29) is 11.7 Å². The van der Waals surface area contributed by atoms with Gasteiger partial charge in [0.25, 0.3) is 0 Å². The van der Waals surface area contributed by atoms with E-state index in [1.165, 1.54) is 30.2 Å². The van der Waals surface area contributed by atoms with Crippen LogP contribution < -0.4 is 5.32 Å². The Bertz CT molecular complexity index is 999. The van der Waals surface area contributed by atoms with Gasteiger partial charge in [-0.1, -0.05) is 49.0 Å². The van der Waals surface area contributed by atoms with Crippen molar-refractivity contribution in [3.63, 3.8) is 0 Å². The summed E-state index contributed by atoms with van der Waals surface area (Å²) in [5, 5.41) is 12.5. The maximum absolute atomic E-state index is 12.5. The van der Waals surface area contributed by atoms with Crippen molar-refractivity contribution in [3.05, 3.63) is 46.8 Å². The number of nitrogens with zero attached hydrogens (tertiary/aromatic N) is 3. The van der Waals surface area contributed by atoms with E-state index >= 15 is 0 Å². The van der Waals surface area contributed by atoms with Crippen molar-refractivity contribution in [1.82, 2.24) is 14.8 Å². The van der Waals surface area contributed by atoms with Gasteiger partial charge in [0.1, 0.15) is 5.00 Å². The molecule has 1 amide bonds. The normalized spacial score (nSPS) is 10.7. The van der Waals surface area contributed by atoms with Gasteiger partial charge in [-0.15, -0.1) is 21.5 Å². The molecule has 9 heteroatoms. The van der Waals surface area contributed by atoms with Gasteiger partial charge in [0.2, 0.25) is 5.91 Å². The highest BCUT2D eigenvalue weighted by molar-refractivity contribution is 7.99. The predicted octanol–water partition coefficient (Wildman–Crippen LogP) is 4.11. The van der Waals surface area contributed by atoms with Gasteiger partial charge in [0.05, 0.1) is 18.4 Å². The van der Waals surface area contributed by atoms with Crippen LogP contribution >= 0.6 is 23.1 Å². The number of thiophene rings is 1. The minimum Gasteiger partial charge on any atom is -0.465 e. The lowest BCUT2D eigenvalue weighted by Gasteiger charge is -2.08. The van der Waals surface area contributed by atoms with Crippen LogP contribution in [0.2, 0.25) is 0 Å². The summed E-state index contributed by atoms with van der Waals surface area (Å²) in [6.07, 6.45) is 0.779. The number of nitrogens with one attached hydrogen (secondary N) is 1. The number of esters is 1. The highest BCUT2D eigenvalue weighted by Crippen LogP contribution is 2.30. The number of ether oxygens (including phenoxy) is 1. The Morgan fingerprint density at radius 1 is 1.21 bits per heavy atom. The molecule has 0 atom stereocenters. The number of carbonyl (C=O) groups excluding carboxylic acids is 2. The number of amides is 1. The molecule has 2 heterocycles. The number of rotatable bonds is 8. The van der Waals surface area contributed by atoms with Crippen LogP contribution in [0.3, 0.4) is 0 Å². The van der Waals surface area contributed by atoms with Crippen LogP contribution in [-0.2, 0) is 22.5 Å². The third-order valence-electron chi connectivity index (χ3n) is 4.19. The summed E-state index contributed by atoms with van der Waals surface area (Å²) in [5.74, 6) is 0.265. The van der Waals surface area contributed by atoms with Crippen molar-refractivity contribution in [2.24, 2.45) is 0 Å². The summed E-state index contributed by atoms with van der Waals surface area (Å²) in [6, 6.07) is 11.6. The number of hydrogen-bond acceptors (Lipinski definition) is 7. The number of thioether (sulfide) groups is 1. The van der Waals surface area contributed by atoms with E-state index in [1.807, 2.05) is 48.7 Å². The summed E-state index contributed by atoms with van der Waals surface area (Å²) in [7, 11) is 1.33.